The molecule has 5 heteroatoms. The van der Waals surface area contributed by atoms with Crippen molar-refractivity contribution in [2.24, 2.45) is 5.90 Å². The monoisotopic (exact) mass is 225 g/mol. The summed E-state index contributed by atoms with van der Waals surface area (Å²) in [5.74, 6) is 4.96. The highest BCUT2D eigenvalue weighted by molar-refractivity contribution is 7.95. The van der Waals surface area contributed by atoms with Crippen LogP contribution in [0.1, 0.15) is 18.1 Å². The Labute approximate surface area is 88.2 Å². The van der Waals surface area contributed by atoms with E-state index in [1.165, 1.54) is 5.41 Å². The SMILES string of the molecule is CC1=CS(=O)(=O)c2ccc(CON)cc21. The van der Waals surface area contributed by atoms with E-state index >= 15 is 0 Å². The van der Waals surface area contributed by atoms with E-state index in [1.807, 2.05) is 0 Å². The van der Waals surface area contributed by atoms with Crippen LogP contribution in [0.15, 0.2) is 28.5 Å². The number of allylic oxidation sites excluding steroid dienone is 1. The number of benzene rings is 1. The zero-order chi connectivity index (χ0) is 11.1. The molecule has 2 N–H and O–H groups in total. The molecule has 0 bridgehead atoms. The van der Waals surface area contributed by atoms with E-state index in [4.69, 9.17) is 5.90 Å². The van der Waals surface area contributed by atoms with Gasteiger partial charge in [-0.15, -0.1) is 0 Å². The molecule has 15 heavy (non-hydrogen) atoms. The second-order valence-corrected chi connectivity index (χ2v) is 5.25. The molecule has 0 saturated carbocycles. The van der Waals surface area contributed by atoms with Crippen molar-refractivity contribution in [1.29, 1.82) is 0 Å². The van der Waals surface area contributed by atoms with E-state index in [1.54, 1.807) is 25.1 Å². The van der Waals surface area contributed by atoms with Crippen LogP contribution < -0.4 is 5.90 Å². The van der Waals surface area contributed by atoms with Gasteiger partial charge in [0, 0.05) is 5.41 Å². The molecule has 0 aromatic heterocycles. The molecule has 1 aromatic rings. The van der Waals surface area contributed by atoms with E-state index in [-0.39, 0.29) is 6.61 Å². The molecule has 0 unspecified atom stereocenters. The second kappa shape index (κ2) is 3.44. The van der Waals surface area contributed by atoms with Crippen LogP contribution in [0.25, 0.3) is 5.57 Å². The molecule has 0 amide bonds. The number of hydrogen-bond donors (Lipinski definition) is 1. The van der Waals surface area contributed by atoms with Crippen molar-refractivity contribution in [2.45, 2.75) is 18.4 Å². The Morgan fingerprint density at radius 1 is 1.40 bits per heavy atom. The molecule has 0 radical (unpaired) electrons. The first-order chi connectivity index (χ1) is 7.04. The highest BCUT2D eigenvalue weighted by Gasteiger charge is 2.24. The number of sulfone groups is 1. The van der Waals surface area contributed by atoms with E-state index in [9.17, 15) is 8.42 Å². The Kier molecular flexibility index (Phi) is 2.38. The first-order valence-electron chi connectivity index (χ1n) is 4.43. The minimum absolute atomic E-state index is 0.278. The first-order valence-corrected chi connectivity index (χ1v) is 5.97. The third-order valence-electron chi connectivity index (χ3n) is 2.36. The molecule has 1 aliphatic rings. The van der Waals surface area contributed by atoms with Crippen molar-refractivity contribution in [3.63, 3.8) is 0 Å². The topological polar surface area (TPSA) is 69.4 Å². The maximum Gasteiger partial charge on any atom is 0.200 e. The van der Waals surface area contributed by atoms with Crippen LogP contribution in [-0.2, 0) is 21.3 Å². The largest absolute Gasteiger partial charge is 0.300 e. The Morgan fingerprint density at radius 3 is 2.80 bits per heavy atom. The van der Waals surface area contributed by atoms with Gasteiger partial charge in [0.15, 0.2) is 0 Å². The van der Waals surface area contributed by atoms with Gasteiger partial charge in [-0.25, -0.2) is 14.3 Å². The molecule has 1 aromatic carbocycles. The quantitative estimate of drug-likeness (QED) is 0.768. The Balaban J connectivity index is 2.57. The molecule has 0 aliphatic carbocycles. The lowest BCUT2D eigenvalue weighted by atomic mass is 10.1. The molecular weight excluding hydrogens is 214 g/mol. The molecule has 0 saturated heterocycles. The van der Waals surface area contributed by atoms with Crippen LogP contribution in [0.4, 0.5) is 0 Å². The van der Waals surface area contributed by atoms with Crippen molar-refractivity contribution in [3.8, 4) is 0 Å². The van der Waals surface area contributed by atoms with Crippen molar-refractivity contribution in [2.75, 3.05) is 0 Å². The summed E-state index contributed by atoms with van der Waals surface area (Å²) in [7, 11) is -3.22. The smallest absolute Gasteiger partial charge is 0.200 e. The van der Waals surface area contributed by atoms with Crippen molar-refractivity contribution >= 4 is 15.4 Å². The van der Waals surface area contributed by atoms with E-state index < -0.39 is 9.84 Å². The first kappa shape index (κ1) is 10.4. The van der Waals surface area contributed by atoms with E-state index in [2.05, 4.69) is 4.84 Å². The summed E-state index contributed by atoms with van der Waals surface area (Å²) < 4.78 is 23.2. The van der Waals surface area contributed by atoms with Gasteiger partial charge in [-0.2, -0.15) is 0 Å². The summed E-state index contributed by atoms with van der Waals surface area (Å²) in [6.07, 6.45) is 0. The Bertz CT molecular complexity index is 532. The van der Waals surface area contributed by atoms with Crippen LogP contribution in [0.3, 0.4) is 0 Å². The maximum atomic E-state index is 11.6. The lowest BCUT2D eigenvalue weighted by Gasteiger charge is -2.04. The Morgan fingerprint density at radius 2 is 2.13 bits per heavy atom. The number of hydrogen-bond acceptors (Lipinski definition) is 4. The van der Waals surface area contributed by atoms with Crippen LogP contribution in [-0.4, -0.2) is 8.42 Å². The maximum absolute atomic E-state index is 11.6. The number of fused-ring (bicyclic) bond motifs is 1. The third-order valence-corrected chi connectivity index (χ3v) is 3.99. The fourth-order valence-electron chi connectivity index (χ4n) is 1.68. The summed E-state index contributed by atoms with van der Waals surface area (Å²) in [5.41, 5.74) is 2.36. The predicted molar refractivity (Wildman–Crippen MR) is 56.3 cm³/mol. The average Bonchev–Trinajstić information content (AvgIpc) is 2.38. The highest BCUT2D eigenvalue weighted by Crippen LogP contribution is 2.33. The third kappa shape index (κ3) is 1.69. The van der Waals surface area contributed by atoms with Crippen LogP contribution in [0.2, 0.25) is 0 Å². The van der Waals surface area contributed by atoms with Gasteiger partial charge >= 0.3 is 0 Å². The molecule has 2 rings (SSSR count). The Hall–Kier alpha value is -1.17. The summed E-state index contributed by atoms with van der Waals surface area (Å²) in [6, 6.07) is 5.08. The molecule has 1 aliphatic heterocycles. The van der Waals surface area contributed by atoms with Crippen LogP contribution in [0, 0.1) is 0 Å². The standard InChI is InChI=1S/C10H11NO3S/c1-7-6-15(12,13)10-3-2-8(5-14-11)4-9(7)10/h2-4,6H,5,11H2,1H3. The fraction of sp³-hybridized carbons (Fsp3) is 0.200. The lowest BCUT2D eigenvalue weighted by Crippen LogP contribution is -2.00. The fourth-order valence-corrected chi connectivity index (χ4v) is 3.18. The van der Waals surface area contributed by atoms with Gasteiger partial charge in [0.2, 0.25) is 9.84 Å². The van der Waals surface area contributed by atoms with Crippen molar-refractivity contribution in [3.05, 3.63) is 34.7 Å². The summed E-state index contributed by atoms with van der Waals surface area (Å²) in [5, 5.41) is 1.28. The van der Waals surface area contributed by atoms with Crippen LogP contribution in [0.5, 0.6) is 0 Å². The summed E-state index contributed by atoms with van der Waals surface area (Å²) in [6.45, 7) is 2.05. The van der Waals surface area contributed by atoms with E-state index in [0.29, 0.717) is 4.90 Å². The molecule has 4 nitrogen and oxygen atoms in total. The normalized spacial score (nSPS) is 17.3. The predicted octanol–water partition coefficient (Wildman–Crippen LogP) is 1.23. The molecule has 0 spiro atoms. The number of rotatable bonds is 2. The van der Waals surface area contributed by atoms with Crippen molar-refractivity contribution < 1.29 is 13.3 Å². The van der Waals surface area contributed by atoms with Crippen LogP contribution >= 0.6 is 0 Å². The van der Waals surface area contributed by atoms with Gasteiger partial charge in [-0.05, 0) is 35.8 Å². The zero-order valence-corrected chi connectivity index (χ0v) is 9.04. The second-order valence-electron chi connectivity index (χ2n) is 3.49. The minimum Gasteiger partial charge on any atom is -0.300 e. The van der Waals surface area contributed by atoms with Gasteiger partial charge < -0.3 is 0 Å². The van der Waals surface area contributed by atoms with Gasteiger partial charge in [0.1, 0.15) is 0 Å². The zero-order valence-electron chi connectivity index (χ0n) is 8.23. The van der Waals surface area contributed by atoms with Gasteiger partial charge in [-0.3, -0.25) is 4.84 Å². The molecule has 1 heterocycles. The van der Waals surface area contributed by atoms with Gasteiger partial charge in [0.25, 0.3) is 0 Å². The van der Waals surface area contributed by atoms with E-state index in [0.717, 1.165) is 16.7 Å². The minimum atomic E-state index is -3.22. The molecule has 80 valence electrons. The molecule has 0 atom stereocenters. The van der Waals surface area contributed by atoms with Gasteiger partial charge in [0.05, 0.1) is 11.5 Å². The van der Waals surface area contributed by atoms with Gasteiger partial charge in [-0.1, -0.05) is 6.07 Å². The summed E-state index contributed by atoms with van der Waals surface area (Å²) in [4.78, 5) is 4.87. The highest BCUT2D eigenvalue weighted by atomic mass is 32.2. The summed E-state index contributed by atoms with van der Waals surface area (Å²) >= 11 is 0. The molecular formula is C10H11NO3S. The average molecular weight is 225 g/mol. The van der Waals surface area contributed by atoms with Crippen molar-refractivity contribution in [1.82, 2.24) is 0 Å². The lowest BCUT2D eigenvalue weighted by molar-refractivity contribution is 0.124. The number of nitrogens with two attached hydrogens (primary N) is 1. The molecule has 0 fully saturated rings.